The number of pyridine rings is 1. The van der Waals surface area contributed by atoms with Crippen molar-refractivity contribution in [1.82, 2.24) is 9.29 Å². The van der Waals surface area contributed by atoms with Gasteiger partial charge in [0.05, 0.1) is 18.5 Å². The van der Waals surface area contributed by atoms with Gasteiger partial charge in [0.15, 0.2) is 0 Å². The van der Waals surface area contributed by atoms with Crippen LogP contribution in [0.1, 0.15) is 11.5 Å². The average Bonchev–Trinajstić information content (AvgIpc) is 2.91. The SMILES string of the molecule is CN(Cc1ccco1)S(=O)(=O)c1ccc(C(N)=S)nc1. The Morgan fingerprint density at radius 3 is 2.70 bits per heavy atom. The van der Waals surface area contributed by atoms with E-state index >= 15 is 0 Å². The van der Waals surface area contributed by atoms with Crippen LogP contribution in [-0.4, -0.2) is 29.7 Å². The zero-order valence-electron chi connectivity index (χ0n) is 10.7. The van der Waals surface area contributed by atoms with Gasteiger partial charge >= 0.3 is 0 Å². The first-order valence-electron chi connectivity index (χ1n) is 5.66. The fraction of sp³-hybridized carbons (Fsp3) is 0.167. The quantitative estimate of drug-likeness (QED) is 0.833. The molecule has 2 N–H and O–H groups in total. The first-order valence-corrected chi connectivity index (χ1v) is 7.50. The van der Waals surface area contributed by atoms with Crippen LogP contribution < -0.4 is 5.73 Å². The van der Waals surface area contributed by atoms with Crippen LogP contribution in [0.3, 0.4) is 0 Å². The minimum atomic E-state index is -3.63. The molecule has 0 aliphatic carbocycles. The second-order valence-corrected chi connectivity index (χ2v) is 6.57. The van der Waals surface area contributed by atoms with E-state index in [0.29, 0.717) is 11.5 Å². The summed E-state index contributed by atoms with van der Waals surface area (Å²) in [5, 5.41) is 0. The van der Waals surface area contributed by atoms with Crippen LogP contribution in [0.2, 0.25) is 0 Å². The molecule has 0 saturated heterocycles. The van der Waals surface area contributed by atoms with Crippen LogP contribution in [0, 0.1) is 0 Å². The Bertz CT molecular complexity index is 694. The molecule has 2 heterocycles. The molecule has 0 unspecified atom stereocenters. The molecule has 0 atom stereocenters. The van der Waals surface area contributed by atoms with Crippen molar-refractivity contribution in [2.24, 2.45) is 5.73 Å². The van der Waals surface area contributed by atoms with Crippen molar-refractivity contribution in [3.63, 3.8) is 0 Å². The zero-order chi connectivity index (χ0) is 14.8. The van der Waals surface area contributed by atoms with E-state index in [9.17, 15) is 8.42 Å². The second-order valence-electron chi connectivity index (χ2n) is 4.08. The third kappa shape index (κ3) is 3.03. The van der Waals surface area contributed by atoms with Crippen LogP contribution in [-0.2, 0) is 16.6 Å². The molecule has 0 radical (unpaired) electrons. The van der Waals surface area contributed by atoms with Crippen molar-refractivity contribution in [2.45, 2.75) is 11.4 Å². The lowest BCUT2D eigenvalue weighted by Crippen LogP contribution is -2.26. The smallest absolute Gasteiger partial charge is 0.244 e. The molecular weight excluding hydrogens is 298 g/mol. The Labute approximate surface area is 122 Å². The summed E-state index contributed by atoms with van der Waals surface area (Å²) in [6.45, 7) is 0.145. The first kappa shape index (κ1) is 14.6. The van der Waals surface area contributed by atoms with Crippen LogP contribution >= 0.6 is 12.2 Å². The summed E-state index contributed by atoms with van der Waals surface area (Å²) in [4.78, 5) is 4.13. The van der Waals surface area contributed by atoms with Gasteiger partial charge in [0.2, 0.25) is 10.0 Å². The molecule has 106 valence electrons. The summed E-state index contributed by atoms with van der Waals surface area (Å²) < 4.78 is 31.0. The van der Waals surface area contributed by atoms with Crippen LogP contribution in [0.15, 0.2) is 46.0 Å². The molecule has 0 bridgehead atoms. The first-order chi connectivity index (χ1) is 9.41. The Balaban J connectivity index is 2.23. The fourth-order valence-corrected chi connectivity index (χ4v) is 2.77. The van der Waals surface area contributed by atoms with Gasteiger partial charge in [0.25, 0.3) is 0 Å². The average molecular weight is 311 g/mol. The van der Waals surface area contributed by atoms with E-state index in [0.717, 1.165) is 0 Å². The number of hydrogen-bond acceptors (Lipinski definition) is 5. The number of nitrogens with zero attached hydrogens (tertiary/aromatic N) is 2. The van der Waals surface area contributed by atoms with E-state index in [1.165, 1.54) is 35.9 Å². The van der Waals surface area contributed by atoms with E-state index < -0.39 is 10.0 Å². The fourth-order valence-electron chi connectivity index (χ4n) is 1.57. The lowest BCUT2D eigenvalue weighted by atomic mass is 10.3. The normalized spacial score (nSPS) is 11.7. The molecule has 0 aliphatic rings. The maximum Gasteiger partial charge on any atom is 0.244 e. The lowest BCUT2D eigenvalue weighted by molar-refractivity contribution is 0.406. The third-order valence-corrected chi connectivity index (χ3v) is 4.65. The Morgan fingerprint density at radius 2 is 2.20 bits per heavy atom. The molecule has 2 aromatic rings. The van der Waals surface area contributed by atoms with Crippen LogP contribution in [0.25, 0.3) is 0 Å². The van der Waals surface area contributed by atoms with E-state index in [-0.39, 0.29) is 16.4 Å². The van der Waals surface area contributed by atoms with Crippen molar-refractivity contribution >= 4 is 27.2 Å². The molecule has 2 aromatic heterocycles. The van der Waals surface area contributed by atoms with Gasteiger partial charge in [-0.05, 0) is 24.3 Å². The lowest BCUT2D eigenvalue weighted by Gasteiger charge is -2.15. The summed E-state index contributed by atoms with van der Waals surface area (Å²) in [5.74, 6) is 0.559. The molecule has 0 amide bonds. The summed E-state index contributed by atoms with van der Waals surface area (Å²) in [5.41, 5.74) is 5.80. The van der Waals surface area contributed by atoms with Gasteiger partial charge in [-0.15, -0.1) is 0 Å². The van der Waals surface area contributed by atoms with Gasteiger partial charge in [-0.2, -0.15) is 4.31 Å². The molecule has 8 heteroatoms. The van der Waals surface area contributed by atoms with Crippen molar-refractivity contribution in [3.8, 4) is 0 Å². The molecule has 6 nitrogen and oxygen atoms in total. The van der Waals surface area contributed by atoms with Crippen molar-refractivity contribution in [3.05, 3.63) is 48.2 Å². The standard InChI is InChI=1S/C12H13N3O3S2/c1-15(8-9-3-2-6-18-9)20(16,17)10-4-5-11(12(13)19)14-7-10/h2-7H,8H2,1H3,(H2,13,19). The highest BCUT2D eigenvalue weighted by Gasteiger charge is 2.22. The summed E-state index contributed by atoms with van der Waals surface area (Å²) in [7, 11) is -2.16. The van der Waals surface area contributed by atoms with E-state index in [1.807, 2.05) is 0 Å². The minimum absolute atomic E-state index is 0.0755. The largest absolute Gasteiger partial charge is 0.468 e. The van der Waals surface area contributed by atoms with Crippen molar-refractivity contribution in [2.75, 3.05) is 7.05 Å². The number of sulfonamides is 1. The molecule has 0 saturated carbocycles. The van der Waals surface area contributed by atoms with Gasteiger partial charge in [0.1, 0.15) is 15.6 Å². The molecule has 20 heavy (non-hydrogen) atoms. The monoisotopic (exact) mass is 311 g/mol. The van der Waals surface area contributed by atoms with Gasteiger partial charge in [-0.3, -0.25) is 4.98 Å². The number of rotatable bonds is 5. The molecule has 2 rings (SSSR count). The van der Waals surface area contributed by atoms with Crippen LogP contribution in [0.5, 0.6) is 0 Å². The molecule has 0 spiro atoms. The molecule has 0 fully saturated rings. The summed E-state index contributed by atoms with van der Waals surface area (Å²) in [6.07, 6.45) is 2.73. The number of aromatic nitrogens is 1. The van der Waals surface area contributed by atoms with Crippen LogP contribution in [0.4, 0.5) is 0 Å². The summed E-state index contributed by atoms with van der Waals surface area (Å²) >= 11 is 4.77. The van der Waals surface area contributed by atoms with Crippen molar-refractivity contribution in [1.29, 1.82) is 0 Å². The highest BCUT2D eigenvalue weighted by Crippen LogP contribution is 2.16. The van der Waals surface area contributed by atoms with Gasteiger partial charge in [-0.1, -0.05) is 12.2 Å². The predicted molar refractivity (Wildman–Crippen MR) is 77.5 cm³/mol. The van der Waals surface area contributed by atoms with E-state index in [1.54, 1.807) is 12.1 Å². The van der Waals surface area contributed by atoms with Gasteiger partial charge < -0.3 is 10.2 Å². The second kappa shape index (κ2) is 5.70. The maximum atomic E-state index is 12.3. The number of nitrogens with two attached hydrogens (primary N) is 1. The van der Waals surface area contributed by atoms with Crippen molar-refractivity contribution < 1.29 is 12.8 Å². The zero-order valence-corrected chi connectivity index (χ0v) is 12.3. The number of hydrogen-bond donors (Lipinski definition) is 1. The maximum absolute atomic E-state index is 12.3. The highest BCUT2D eigenvalue weighted by atomic mass is 32.2. The predicted octanol–water partition coefficient (Wildman–Crippen LogP) is 1.13. The minimum Gasteiger partial charge on any atom is -0.468 e. The Kier molecular flexibility index (Phi) is 4.17. The number of thiocarbonyl (C=S) groups is 1. The topological polar surface area (TPSA) is 89.4 Å². The molecule has 0 aliphatic heterocycles. The van der Waals surface area contributed by atoms with Gasteiger partial charge in [0, 0.05) is 13.2 Å². The van der Waals surface area contributed by atoms with E-state index in [2.05, 4.69) is 4.98 Å². The Hall–Kier alpha value is -1.77. The molecular formula is C12H13N3O3S2. The third-order valence-electron chi connectivity index (χ3n) is 2.66. The van der Waals surface area contributed by atoms with Gasteiger partial charge in [-0.25, -0.2) is 8.42 Å². The summed E-state index contributed by atoms with van der Waals surface area (Å²) in [6, 6.07) is 6.32. The highest BCUT2D eigenvalue weighted by molar-refractivity contribution is 7.89. The van der Waals surface area contributed by atoms with E-state index in [4.69, 9.17) is 22.4 Å². The molecule has 0 aromatic carbocycles. The number of furan rings is 1. The Morgan fingerprint density at radius 1 is 1.45 bits per heavy atom.